The Hall–Kier alpha value is -3.40. The molecule has 0 aliphatic heterocycles. The highest BCUT2D eigenvalue weighted by Crippen LogP contribution is 2.30. The van der Waals surface area contributed by atoms with Gasteiger partial charge in [-0.1, -0.05) is 65.8 Å². The van der Waals surface area contributed by atoms with Crippen molar-refractivity contribution in [3.05, 3.63) is 64.2 Å². The Bertz CT molecular complexity index is 1180. The molecule has 0 atom stereocenters. The molecular weight excluding hydrogens is 559 g/mol. The molecule has 0 aliphatic carbocycles. The van der Waals surface area contributed by atoms with Gasteiger partial charge in [0.2, 0.25) is 11.8 Å². The fourth-order valence-electron chi connectivity index (χ4n) is 4.10. The van der Waals surface area contributed by atoms with Crippen LogP contribution < -0.4 is 16.0 Å². The first kappa shape index (κ1) is 37.6. The molecular formula is C33H48F3N3O4. The number of aryl methyl sites for hydroxylation is 2. The van der Waals surface area contributed by atoms with Crippen LogP contribution in [0.25, 0.3) is 0 Å². The summed E-state index contributed by atoms with van der Waals surface area (Å²) in [7, 11) is 0. The molecule has 0 heterocycles. The molecule has 2 aromatic carbocycles. The molecule has 0 aliphatic rings. The van der Waals surface area contributed by atoms with Crippen molar-refractivity contribution in [3.8, 4) is 0 Å². The minimum Gasteiger partial charge on any atom is -0.475 e. The Morgan fingerprint density at radius 1 is 0.721 bits per heavy atom. The maximum Gasteiger partial charge on any atom is 0.490 e. The number of hydrogen-bond donors (Lipinski definition) is 4. The van der Waals surface area contributed by atoms with Gasteiger partial charge in [0, 0.05) is 31.6 Å². The maximum atomic E-state index is 12.1. The third kappa shape index (κ3) is 15.6. The summed E-state index contributed by atoms with van der Waals surface area (Å²) in [5, 5.41) is 16.4. The van der Waals surface area contributed by atoms with E-state index in [0.717, 1.165) is 42.7 Å². The molecule has 4 N–H and O–H groups in total. The summed E-state index contributed by atoms with van der Waals surface area (Å²) in [5.41, 5.74) is 7.30. The van der Waals surface area contributed by atoms with Gasteiger partial charge in [-0.3, -0.25) is 9.59 Å². The second kappa shape index (κ2) is 16.4. The van der Waals surface area contributed by atoms with Crippen molar-refractivity contribution in [1.82, 2.24) is 10.6 Å². The summed E-state index contributed by atoms with van der Waals surface area (Å²) in [6.45, 7) is 19.6. The summed E-state index contributed by atoms with van der Waals surface area (Å²) < 4.78 is 31.7. The standard InChI is InChI=1S/C31H47N3O2.C2HF3O2/c1-22-15-23(2)17-27(16-22)34-29(36)12-14-33-28(35)11-9-10-13-32-21-24-18-25(30(3,4)5)20-26(19-24)31(6,7)8;3-2(4,5)1(6)7/h15-20,32H,9-14,21H2,1-8H3,(H,33,35)(H,34,36);(H,6,7). The van der Waals surface area contributed by atoms with Gasteiger partial charge < -0.3 is 21.1 Å². The van der Waals surface area contributed by atoms with E-state index in [0.29, 0.717) is 13.0 Å². The average molecular weight is 608 g/mol. The van der Waals surface area contributed by atoms with E-state index in [1.165, 1.54) is 16.7 Å². The molecule has 2 amide bonds. The summed E-state index contributed by atoms with van der Waals surface area (Å²) in [6, 6.07) is 12.9. The lowest BCUT2D eigenvalue weighted by molar-refractivity contribution is -0.192. The molecule has 43 heavy (non-hydrogen) atoms. The number of nitrogens with one attached hydrogen (secondary N) is 3. The number of anilines is 1. The Morgan fingerprint density at radius 3 is 1.70 bits per heavy atom. The molecule has 2 rings (SSSR count). The minimum atomic E-state index is -5.08. The van der Waals surface area contributed by atoms with E-state index < -0.39 is 12.1 Å². The number of halogens is 3. The third-order valence-electron chi connectivity index (χ3n) is 6.48. The monoisotopic (exact) mass is 607 g/mol. The summed E-state index contributed by atoms with van der Waals surface area (Å²) in [4.78, 5) is 33.2. The number of alkyl halides is 3. The van der Waals surface area contributed by atoms with Crippen LogP contribution in [0.2, 0.25) is 0 Å². The van der Waals surface area contributed by atoms with E-state index >= 15 is 0 Å². The second-order valence-electron chi connectivity index (χ2n) is 12.9. The second-order valence-corrected chi connectivity index (χ2v) is 12.9. The number of carboxylic acid groups (broad SMARTS) is 1. The van der Waals surface area contributed by atoms with Gasteiger partial charge in [0.1, 0.15) is 0 Å². The molecule has 0 radical (unpaired) electrons. The van der Waals surface area contributed by atoms with Crippen molar-refractivity contribution in [1.29, 1.82) is 0 Å². The predicted octanol–water partition coefficient (Wildman–Crippen LogP) is 6.94. The number of carbonyl (C=O) groups excluding carboxylic acids is 2. The zero-order valence-electron chi connectivity index (χ0n) is 26.7. The van der Waals surface area contributed by atoms with Crippen LogP contribution in [0.3, 0.4) is 0 Å². The number of carbonyl (C=O) groups is 3. The number of unbranched alkanes of at least 4 members (excludes halogenated alkanes) is 1. The van der Waals surface area contributed by atoms with Gasteiger partial charge in [0.25, 0.3) is 0 Å². The van der Waals surface area contributed by atoms with Crippen LogP contribution >= 0.6 is 0 Å². The average Bonchev–Trinajstić information content (AvgIpc) is 2.84. The number of amides is 2. The van der Waals surface area contributed by atoms with Crippen LogP contribution in [-0.4, -0.2) is 42.2 Å². The van der Waals surface area contributed by atoms with E-state index in [9.17, 15) is 22.8 Å². The summed E-state index contributed by atoms with van der Waals surface area (Å²) in [6.07, 6.45) is -2.58. The van der Waals surface area contributed by atoms with E-state index in [1.54, 1.807) is 0 Å². The van der Waals surface area contributed by atoms with Crippen molar-refractivity contribution in [2.75, 3.05) is 18.4 Å². The van der Waals surface area contributed by atoms with E-state index in [1.807, 2.05) is 26.0 Å². The fourth-order valence-corrected chi connectivity index (χ4v) is 4.10. The number of aliphatic carboxylic acids is 1. The van der Waals surface area contributed by atoms with E-state index in [2.05, 4.69) is 81.8 Å². The Balaban J connectivity index is 0.00000117. The molecule has 0 aromatic heterocycles. The normalized spacial score (nSPS) is 11.8. The quantitative estimate of drug-likeness (QED) is 0.207. The van der Waals surface area contributed by atoms with Gasteiger partial charge in [0.05, 0.1) is 0 Å². The van der Waals surface area contributed by atoms with Gasteiger partial charge in [-0.2, -0.15) is 13.2 Å². The largest absolute Gasteiger partial charge is 0.490 e. The summed E-state index contributed by atoms with van der Waals surface area (Å²) >= 11 is 0. The number of carboxylic acids is 1. The zero-order valence-corrected chi connectivity index (χ0v) is 26.7. The number of rotatable bonds is 11. The molecule has 2 aromatic rings. The van der Waals surface area contributed by atoms with Crippen molar-refractivity contribution >= 4 is 23.5 Å². The van der Waals surface area contributed by atoms with Gasteiger partial charge in [-0.05, 0) is 84.0 Å². The van der Waals surface area contributed by atoms with E-state index in [4.69, 9.17) is 9.90 Å². The lowest BCUT2D eigenvalue weighted by Crippen LogP contribution is -2.27. The molecule has 0 spiro atoms. The Kier molecular flexibility index (Phi) is 14.4. The fraction of sp³-hybridized carbons (Fsp3) is 0.545. The van der Waals surface area contributed by atoms with Gasteiger partial charge in [-0.25, -0.2) is 4.79 Å². The van der Waals surface area contributed by atoms with Gasteiger partial charge in [-0.15, -0.1) is 0 Å². The molecule has 0 unspecified atom stereocenters. The predicted molar refractivity (Wildman–Crippen MR) is 165 cm³/mol. The molecule has 0 saturated carbocycles. The highest BCUT2D eigenvalue weighted by molar-refractivity contribution is 5.91. The topological polar surface area (TPSA) is 108 Å². The maximum absolute atomic E-state index is 12.1. The minimum absolute atomic E-state index is 0.00176. The molecule has 10 heteroatoms. The van der Waals surface area contributed by atoms with Crippen LogP contribution in [-0.2, 0) is 31.8 Å². The highest BCUT2D eigenvalue weighted by Gasteiger charge is 2.38. The highest BCUT2D eigenvalue weighted by atomic mass is 19.4. The van der Waals surface area contributed by atoms with Crippen molar-refractivity contribution in [3.63, 3.8) is 0 Å². The zero-order chi connectivity index (χ0) is 33.0. The number of benzene rings is 2. The summed E-state index contributed by atoms with van der Waals surface area (Å²) in [5.74, 6) is -2.84. The third-order valence-corrected chi connectivity index (χ3v) is 6.48. The first-order chi connectivity index (χ1) is 19.7. The van der Waals surface area contributed by atoms with Crippen LogP contribution in [0.1, 0.15) is 95.0 Å². The van der Waals surface area contributed by atoms with Gasteiger partial charge in [0.15, 0.2) is 0 Å². The lowest BCUT2D eigenvalue weighted by atomic mass is 9.79. The Morgan fingerprint density at radius 2 is 1.23 bits per heavy atom. The molecule has 0 fully saturated rings. The first-order valence-corrected chi connectivity index (χ1v) is 14.5. The van der Waals surface area contributed by atoms with Crippen LogP contribution in [0.5, 0.6) is 0 Å². The molecule has 7 nitrogen and oxygen atoms in total. The van der Waals surface area contributed by atoms with Crippen LogP contribution in [0.15, 0.2) is 36.4 Å². The van der Waals surface area contributed by atoms with Crippen molar-refractivity contribution in [2.24, 2.45) is 0 Å². The van der Waals surface area contributed by atoms with Gasteiger partial charge >= 0.3 is 12.1 Å². The SMILES string of the molecule is Cc1cc(C)cc(NC(=O)CCNC(=O)CCCCNCc2cc(C(C)(C)C)cc(C(C)(C)C)c2)c1.O=C(O)C(F)(F)F. The van der Waals surface area contributed by atoms with Crippen molar-refractivity contribution < 1.29 is 32.7 Å². The van der Waals surface area contributed by atoms with E-state index in [-0.39, 0.29) is 29.1 Å². The Labute approximate surface area is 254 Å². The van der Waals surface area contributed by atoms with Crippen molar-refractivity contribution in [2.45, 2.75) is 105 Å². The van der Waals surface area contributed by atoms with Crippen LogP contribution in [0, 0.1) is 13.8 Å². The first-order valence-electron chi connectivity index (χ1n) is 14.5. The lowest BCUT2D eigenvalue weighted by Gasteiger charge is -2.26. The molecule has 0 saturated heterocycles. The molecule has 240 valence electrons. The molecule has 0 bridgehead atoms. The smallest absolute Gasteiger partial charge is 0.475 e. The number of hydrogen-bond acceptors (Lipinski definition) is 4. The van der Waals surface area contributed by atoms with Crippen LogP contribution in [0.4, 0.5) is 18.9 Å².